The van der Waals surface area contributed by atoms with Crippen molar-refractivity contribution in [2.75, 3.05) is 25.5 Å². The molecule has 1 aromatic heterocycles. The van der Waals surface area contributed by atoms with E-state index in [-0.39, 0.29) is 11.9 Å². The second-order valence-corrected chi connectivity index (χ2v) is 7.83. The number of benzene rings is 2. The van der Waals surface area contributed by atoms with Crippen LogP contribution in [0.1, 0.15) is 34.9 Å². The summed E-state index contributed by atoms with van der Waals surface area (Å²) in [7, 11) is 3.84. The minimum atomic E-state index is -0.0879. The van der Waals surface area contributed by atoms with Crippen LogP contribution in [0.2, 0.25) is 5.02 Å². The van der Waals surface area contributed by atoms with Gasteiger partial charge in [0.1, 0.15) is 0 Å². The lowest BCUT2D eigenvalue weighted by Crippen LogP contribution is -2.31. The third kappa shape index (κ3) is 3.96. The summed E-state index contributed by atoms with van der Waals surface area (Å²) < 4.78 is 0. The Kier molecular flexibility index (Phi) is 5.49. The Morgan fingerprint density at radius 3 is 2.52 bits per heavy atom. The molecule has 4 rings (SSSR count). The summed E-state index contributed by atoms with van der Waals surface area (Å²) in [5.41, 5.74) is 3.51. The maximum Gasteiger partial charge on any atom is 0.254 e. The van der Waals surface area contributed by atoms with Crippen LogP contribution in [0.15, 0.2) is 60.8 Å². The fourth-order valence-electron chi connectivity index (χ4n) is 3.75. The van der Waals surface area contributed by atoms with E-state index in [1.54, 1.807) is 0 Å². The molecule has 3 aromatic rings. The van der Waals surface area contributed by atoms with Crippen molar-refractivity contribution >= 4 is 23.5 Å². The van der Waals surface area contributed by atoms with Crippen molar-refractivity contribution in [1.29, 1.82) is 0 Å². The first-order chi connectivity index (χ1) is 14.0. The molecule has 0 bridgehead atoms. The molecule has 1 fully saturated rings. The van der Waals surface area contributed by atoms with E-state index in [9.17, 15) is 4.79 Å². The average Bonchev–Trinajstić information content (AvgIpc) is 3.23. The average molecular weight is 407 g/mol. The number of aromatic nitrogens is 2. The number of carbonyl (C=O) groups excluding carboxylic acids is 1. The van der Waals surface area contributed by atoms with Crippen LogP contribution in [0.4, 0.5) is 5.95 Å². The van der Waals surface area contributed by atoms with Crippen LogP contribution in [0.25, 0.3) is 11.1 Å². The first-order valence-electron chi connectivity index (χ1n) is 9.71. The second-order valence-electron chi connectivity index (χ2n) is 7.39. The van der Waals surface area contributed by atoms with E-state index >= 15 is 0 Å². The van der Waals surface area contributed by atoms with E-state index in [1.807, 2.05) is 84.7 Å². The van der Waals surface area contributed by atoms with Gasteiger partial charge in [0.25, 0.3) is 5.91 Å². The van der Waals surface area contributed by atoms with Gasteiger partial charge in [0.15, 0.2) is 0 Å². The summed E-state index contributed by atoms with van der Waals surface area (Å²) in [6, 6.07) is 17.0. The minimum absolute atomic E-state index is 0.0418. The van der Waals surface area contributed by atoms with Gasteiger partial charge in [0, 0.05) is 43.0 Å². The Morgan fingerprint density at radius 1 is 1.10 bits per heavy atom. The maximum absolute atomic E-state index is 13.2. The molecule has 0 N–H and O–H groups in total. The van der Waals surface area contributed by atoms with Crippen molar-refractivity contribution in [3.05, 3.63) is 77.1 Å². The Balaban J connectivity index is 1.78. The molecule has 0 aliphatic carbocycles. The summed E-state index contributed by atoms with van der Waals surface area (Å²) in [6.45, 7) is 0.722. The van der Waals surface area contributed by atoms with E-state index in [0.29, 0.717) is 16.5 Å². The van der Waals surface area contributed by atoms with E-state index in [1.165, 1.54) is 0 Å². The van der Waals surface area contributed by atoms with Crippen LogP contribution < -0.4 is 4.90 Å². The van der Waals surface area contributed by atoms with Crippen LogP contribution >= 0.6 is 11.6 Å². The number of hydrogen-bond donors (Lipinski definition) is 0. The number of nitrogens with zero attached hydrogens (tertiary/aromatic N) is 4. The van der Waals surface area contributed by atoms with Crippen molar-refractivity contribution in [2.24, 2.45) is 0 Å². The standard InChI is InChI=1S/C23H23ClN4O/c1-27(2)23-25-15-19(16-10-12-18(24)13-11-16)21(26-23)20-9-6-14-28(20)22(29)17-7-4-3-5-8-17/h3-5,7-8,10-13,15,20H,6,9,14H2,1-2H3. The quantitative estimate of drug-likeness (QED) is 0.622. The van der Waals surface area contributed by atoms with Gasteiger partial charge in [-0.15, -0.1) is 0 Å². The van der Waals surface area contributed by atoms with Gasteiger partial charge < -0.3 is 9.80 Å². The predicted octanol–water partition coefficient (Wildman–Crippen LogP) is 4.84. The first-order valence-corrected chi connectivity index (χ1v) is 10.1. The van der Waals surface area contributed by atoms with Crippen LogP contribution in [-0.4, -0.2) is 41.4 Å². The molecule has 1 amide bonds. The van der Waals surface area contributed by atoms with E-state index < -0.39 is 0 Å². The number of hydrogen-bond acceptors (Lipinski definition) is 4. The Labute approximate surface area is 176 Å². The molecule has 1 saturated heterocycles. The molecule has 29 heavy (non-hydrogen) atoms. The zero-order chi connectivity index (χ0) is 20.4. The molecule has 2 aromatic carbocycles. The van der Waals surface area contributed by atoms with Gasteiger partial charge in [-0.05, 0) is 42.7 Å². The smallest absolute Gasteiger partial charge is 0.254 e. The van der Waals surface area contributed by atoms with Gasteiger partial charge in [0.05, 0.1) is 11.7 Å². The highest BCUT2D eigenvalue weighted by Gasteiger charge is 2.33. The van der Waals surface area contributed by atoms with Gasteiger partial charge in [-0.2, -0.15) is 0 Å². The molecule has 1 unspecified atom stereocenters. The van der Waals surface area contributed by atoms with E-state index in [2.05, 4.69) is 4.98 Å². The molecule has 0 saturated carbocycles. The topological polar surface area (TPSA) is 49.3 Å². The third-order valence-corrected chi connectivity index (χ3v) is 5.46. The normalized spacial score (nSPS) is 16.1. The Morgan fingerprint density at radius 2 is 1.83 bits per heavy atom. The molecular weight excluding hydrogens is 384 g/mol. The third-order valence-electron chi connectivity index (χ3n) is 5.21. The van der Waals surface area contributed by atoms with Crippen molar-refractivity contribution in [2.45, 2.75) is 18.9 Å². The molecule has 1 aliphatic rings. The van der Waals surface area contributed by atoms with Gasteiger partial charge in [-0.25, -0.2) is 9.97 Å². The van der Waals surface area contributed by atoms with Gasteiger partial charge in [-0.1, -0.05) is 41.9 Å². The number of likely N-dealkylation sites (tertiary alicyclic amines) is 1. The van der Waals surface area contributed by atoms with Crippen LogP contribution in [0.5, 0.6) is 0 Å². The molecule has 5 nitrogen and oxygen atoms in total. The second kappa shape index (κ2) is 8.21. The minimum Gasteiger partial charge on any atom is -0.347 e. The first kappa shape index (κ1) is 19.4. The van der Waals surface area contributed by atoms with Crippen LogP contribution in [0, 0.1) is 0 Å². The van der Waals surface area contributed by atoms with Crippen molar-refractivity contribution in [3.8, 4) is 11.1 Å². The van der Waals surface area contributed by atoms with Crippen LogP contribution in [-0.2, 0) is 0 Å². The van der Waals surface area contributed by atoms with Gasteiger partial charge >= 0.3 is 0 Å². The zero-order valence-electron chi connectivity index (χ0n) is 16.5. The summed E-state index contributed by atoms with van der Waals surface area (Å²) in [5.74, 6) is 0.678. The molecule has 2 heterocycles. The summed E-state index contributed by atoms with van der Waals surface area (Å²) in [6.07, 6.45) is 3.68. The highest BCUT2D eigenvalue weighted by molar-refractivity contribution is 6.30. The SMILES string of the molecule is CN(C)c1ncc(-c2ccc(Cl)cc2)c(C2CCCN2C(=O)c2ccccc2)n1. The monoisotopic (exact) mass is 406 g/mol. The summed E-state index contributed by atoms with van der Waals surface area (Å²) >= 11 is 6.07. The predicted molar refractivity (Wildman–Crippen MR) is 116 cm³/mol. The largest absolute Gasteiger partial charge is 0.347 e. The fourth-order valence-corrected chi connectivity index (χ4v) is 3.87. The number of carbonyl (C=O) groups is 1. The molecule has 6 heteroatoms. The molecule has 0 radical (unpaired) electrons. The highest BCUT2D eigenvalue weighted by atomic mass is 35.5. The molecule has 148 valence electrons. The van der Waals surface area contributed by atoms with Crippen LogP contribution in [0.3, 0.4) is 0 Å². The number of rotatable bonds is 4. The van der Waals surface area contributed by atoms with E-state index in [0.717, 1.165) is 36.2 Å². The number of anilines is 1. The highest BCUT2D eigenvalue weighted by Crippen LogP contribution is 2.38. The van der Waals surface area contributed by atoms with Gasteiger partial charge in [0.2, 0.25) is 5.95 Å². The van der Waals surface area contributed by atoms with Crippen molar-refractivity contribution in [1.82, 2.24) is 14.9 Å². The molecule has 0 spiro atoms. The number of amides is 1. The Hall–Kier alpha value is -2.92. The summed E-state index contributed by atoms with van der Waals surface area (Å²) in [5, 5.41) is 0.683. The van der Waals surface area contributed by atoms with Crippen molar-refractivity contribution < 1.29 is 4.79 Å². The zero-order valence-corrected chi connectivity index (χ0v) is 17.3. The lowest BCUT2D eigenvalue weighted by molar-refractivity contribution is 0.0733. The van der Waals surface area contributed by atoms with E-state index in [4.69, 9.17) is 16.6 Å². The maximum atomic E-state index is 13.2. The Bertz CT molecular complexity index is 1010. The van der Waals surface area contributed by atoms with Crippen molar-refractivity contribution in [3.63, 3.8) is 0 Å². The summed E-state index contributed by atoms with van der Waals surface area (Å²) in [4.78, 5) is 26.4. The molecule has 1 aliphatic heterocycles. The lowest BCUT2D eigenvalue weighted by Gasteiger charge is -2.27. The lowest BCUT2D eigenvalue weighted by atomic mass is 9.99. The number of halogens is 1. The molecule has 1 atom stereocenters. The fraction of sp³-hybridized carbons (Fsp3) is 0.261. The van der Waals surface area contributed by atoms with Gasteiger partial charge in [-0.3, -0.25) is 4.79 Å². The molecular formula is C23H23ClN4O.